The molecule has 0 heterocycles. The molecule has 0 bridgehead atoms. The maximum Gasteiger partial charge on any atom is -0.0279 e. The van der Waals surface area contributed by atoms with Gasteiger partial charge in [-0.25, -0.2) is 0 Å². The van der Waals surface area contributed by atoms with Crippen molar-refractivity contribution in [2.24, 2.45) is 0 Å². The highest BCUT2D eigenvalue weighted by atomic mass is 14.2. The van der Waals surface area contributed by atoms with E-state index in [-0.39, 0.29) is 0 Å². The monoisotopic (exact) mass is 162 g/mol. The SMILES string of the molecule is C1=C2/CCCC/C2=C/CCCC/1. The molecule has 66 valence electrons. The predicted molar refractivity (Wildman–Crippen MR) is 53.1 cm³/mol. The third-order valence-corrected chi connectivity index (χ3v) is 2.99. The molecule has 1 saturated carbocycles. The van der Waals surface area contributed by atoms with Crippen LogP contribution in [0.3, 0.4) is 0 Å². The number of allylic oxidation sites excluding steroid dienone is 4. The van der Waals surface area contributed by atoms with Crippen molar-refractivity contribution < 1.29 is 0 Å². The second-order valence-electron chi connectivity index (χ2n) is 3.95. The lowest BCUT2D eigenvalue weighted by Gasteiger charge is -2.19. The van der Waals surface area contributed by atoms with Gasteiger partial charge in [0.15, 0.2) is 0 Å². The standard InChI is InChI=1S/C12H18/c1-2-4-8-12-10-6-5-9-11(12)7-3-1/h7-8H,1-6,9-10H2/b11-7-,12-8-. The maximum atomic E-state index is 2.49. The van der Waals surface area contributed by atoms with Gasteiger partial charge in [0, 0.05) is 0 Å². The summed E-state index contributed by atoms with van der Waals surface area (Å²) in [5.74, 6) is 0. The number of hydrogen-bond acceptors (Lipinski definition) is 0. The number of rotatable bonds is 0. The fourth-order valence-electron chi connectivity index (χ4n) is 2.26. The lowest BCUT2D eigenvalue weighted by atomic mass is 9.86. The van der Waals surface area contributed by atoms with Crippen molar-refractivity contribution in [3.8, 4) is 0 Å². The fraction of sp³-hybridized carbons (Fsp3) is 0.667. The highest BCUT2D eigenvalue weighted by molar-refractivity contribution is 5.33. The van der Waals surface area contributed by atoms with Gasteiger partial charge < -0.3 is 0 Å². The third kappa shape index (κ3) is 1.80. The van der Waals surface area contributed by atoms with Crippen LogP contribution in [0, 0.1) is 0 Å². The summed E-state index contributed by atoms with van der Waals surface area (Å²) < 4.78 is 0. The molecule has 0 spiro atoms. The molecule has 0 atom stereocenters. The normalized spacial score (nSPS) is 33.3. The fourth-order valence-corrected chi connectivity index (χ4v) is 2.26. The summed E-state index contributed by atoms with van der Waals surface area (Å²) in [6.45, 7) is 0. The summed E-state index contributed by atoms with van der Waals surface area (Å²) >= 11 is 0. The molecule has 0 unspecified atom stereocenters. The van der Waals surface area contributed by atoms with Crippen molar-refractivity contribution in [1.29, 1.82) is 0 Å². The average Bonchev–Trinajstić information content (AvgIpc) is 2.06. The molecule has 0 N–H and O–H groups in total. The van der Waals surface area contributed by atoms with Gasteiger partial charge in [-0.15, -0.1) is 0 Å². The van der Waals surface area contributed by atoms with E-state index < -0.39 is 0 Å². The van der Waals surface area contributed by atoms with E-state index in [9.17, 15) is 0 Å². The zero-order valence-electron chi connectivity index (χ0n) is 7.81. The smallest absolute Gasteiger partial charge is 0.0279 e. The summed E-state index contributed by atoms with van der Waals surface area (Å²) in [6, 6.07) is 0. The summed E-state index contributed by atoms with van der Waals surface area (Å²) in [5.41, 5.74) is 3.36. The molecule has 2 rings (SSSR count). The molecule has 0 nitrogen and oxygen atoms in total. The Labute approximate surface area is 75.4 Å². The Balaban J connectivity index is 2.14. The Morgan fingerprint density at radius 2 is 1.17 bits per heavy atom. The van der Waals surface area contributed by atoms with Crippen LogP contribution < -0.4 is 0 Å². The molecular weight excluding hydrogens is 144 g/mol. The Morgan fingerprint density at radius 1 is 0.667 bits per heavy atom. The van der Waals surface area contributed by atoms with Gasteiger partial charge in [0.25, 0.3) is 0 Å². The Bertz CT molecular complexity index is 184. The summed E-state index contributed by atoms with van der Waals surface area (Å²) in [5, 5.41) is 0. The first kappa shape index (κ1) is 8.10. The number of hydrogen-bond donors (Lipinski definition) is 0. The molecule has 0 radical (unpaired) electrons. The second-order valence-corrected chi connectivity index (χ2v) is 3.95. The molecule has 0 aliphatic heterocycles. The zero-order chi connectivity index (χ0) is 8.23. The van der Waals surface area contributed by atoms with Gasteiger partial charge in [0.1, 0.15) is 0 Å². The maximum absolute atomic E-state index is 2.49. The highest BCUT2D eigenvalue weighted by Crippen LogP contribution is 2.31. The van der Waals surface area contributed by atoms with Crippen LogP contribution in [0.5, 0.6) is 0 Å². The molecular formula is C12H18. The molecule has 0 amide bonds. The largest absolute Gasteiger partial charge is 0.0811 e. The third-order valence-electron chi connectivity index (χ3n) is 2.99. The van der Waals surface area contributed by atoms with Crippen molar-refractivity contribution in [2.75, 3.05) is 0 Å². The lowest BCUT2D eigenvalue weighted by Crippen LogP contribution is -2.00. The van der Waals surface area contributed by atoms with Gasteiger partial charge in [-0.05, 0) is 62.5 Å². The minimum absolute atomic E-state index is 1.33. The first-order valence-electron chi connectivity index (χ1n) is 5.35. The van der Waals surface area contributed by atoms with Crippen LogP contribution in [-0.2, 0) is 0 Å². The summed E-state index contributed by atoms with van der Waals surface area (Å²) in [4.78, 5) is 0. The molecule has 0 aromatic carbocycles. The molecule has 0 aromatic heterocycles. The zero-order valence-corrected chi connectivity index (χ0v) is 7.81. The van der Waals surface area contributed by atoms with Crippen LogP contribution >= 0.6 is 0 Å². The van der Waals surface area contributed by atoms with Gasteiger partial charge in [-0.2, -0.15) is 0 Å². The van der Waals surface area contributed by atoms with Crippen molar-refractivity contribution in [1.82, 2.24) is 0 Å². The highest BCUT2D eigenvalue weighted by Gasteiger charge is 2.11. The van der Waals surface area contributed by atoms with E-state index in [1.807, 2.05) is 0 Å². The van der Waals surface area contributed by atoms with E-state index in [1.54, 1.807) is 11.1 Å². The van der Waals surface area contributed by atoms with Crippen molar-refractivity contribution in [2.45, 2.75) is 51.4 Å². The molecule has 0 aromatic rings. The van der Waals surface area contributed by atoms with Crippen molar-refractivity contribution in [3.63, 3.8) is 0 Å². The Morgan fingerprint density at radius 3 is 1.67 bits per heavy atom. The molecule has 12 heavy (non-hydrogen) atoms. The minimum atomic E-state index is 1.33. The Kier molecular flexibility index (Phi) is 2.65. The van der Waals surface area contributed by atoms with E-state index in [4.69, 9.17) is 0 Å². The molecule has 0 saturated heterocycles. The van der Waals surface area contributed by atoms with Gasteiger partial charge in [0.2, 0.25) is 0 Å². The van der Waals surface area contributed by atoms with E-state index in [0.29, 0.717) is 0 Å². The summed E-state index contributed by atoms with van der Waals surface area (Å²) in [6.07, 6.45) is 16.0. The lowest BCUT2D eigenvalue weighted by molar-refractivity contribution is 0.656. The molecule has 1 fully saturated rings. The van der Waals surface area contributed by atoms with E-state index in [1.165, 1.54) is 51.4 Å². The Hall–Kier alpha value is -0.520. The van der Waals surface area contributed by atoms with Crippen LogP contribution in [0.25, 0.3) is 0 Å². The van der Waals surface area contributed by atoms with Crippen LogP contribution in [0.4, 0.5) is 0 Å². The number of fused-ring (bicyclic) bond motifs is 1. The van der Waals surface area contributed by atoms with E-state index in [0.717, 1.165) is 0 Å². The molecule has 0 heteroatoms. The van der Waals surface area contributed by atoms with Crippen LogP contribution in [0.2, 0.25) is 0 Å². The molecule has 2 aliphatic rings. The van der Waals surface area contributed by atoms with Crippen LogP contribution in [-0.4, -0.2) is 0 Å². The minimum Gasteiger partial charge on any atom is -0.0811 e. The van der Waals surface area contributed by atoms with Crippen LogP contribution in [0.1, 0.15) is 51.4 Å². The molecule has 2 aliphatic carbocycles. The second kappa shape index (κ2) is 3.93. The predicted octanol–water partition coefficient (Wildman–Crippen LogP) is 3.99. The van der Waals surface area contributed by atoms with E-state index >= 15 is 0 Å². The first-order chi connectivity index (χ1) is 5.97. The van der Waals surface area contributed by atoms with Gasteiger partial charge in [0.05, 0.1) is 0 Å². The topological polar surface area (TPSA) is 0 Å². The summed E-state index contributed by atoms with van der Waals surface area (Å²) in [7, 11) is 0. The van der Waals surface area contributed by atoms with Gasteiger partial charge in [-0.3, -0.25) is 0 Å². The van der Waals surface area contributed by atoms with Crippen LogP contribution in [0.15, 0.2) is 23.3 Å². The van der Waals surface area contributed by atoms with E-state index in [2.05, 4.69) is 12.2 Å². The van der Waals surface area contributed by atoms with Crippen molar-refractivity contribution in [3.05, 3.63) is 23.3 Å². The quantitative estimate of drug-likeness (QED) is 0.505. The van der Waals surface area contributed by atoms with Gasteiger partial charge in [-0.1, -0.05) is 12.2 Å². The average molecular weight is 162 g/mol. The first-order valence-corrected chi connectivity index (χ1v) is 5.35. The van der Waals surface area contributed by atoms with Crippen molar-refractivity contribution >= 4 is 0 Å². The van der Waals surface area contributed by atoms with Gasteiger partial charge >= 0.3 is 0 Å².